The average Bonchev–Trinajstić information content (AvgIpc) is 3.95. The number of benzene rings is 8. The number of aromatic nitrogens is 4. The van der Waals surface area contributed by atoms with Gasteiger partial charge in [0.25, 0.3) is 0 Å². The molecule has 12 aromatic rings. The second-order valence-corrected chi connectivity index (χ2v) is 14.4. The molecule has 6 heteroatoms. The maximum atomic E-state index is 6.65. The highest BCUT2D eigenvalue weighted by molar-refractivity contribution is 6.13. The van der Waals surface area contributed by atoms with Crippen LogP contribution in [0.15, 0.2) is 191 Å². The molecule has 0 unspecified atom stereocenters. The molecule has 57 heavy (non-hydrogen) atoms. The summed E-state index contributed by atoms with van der Waals surface area (Å²) in [5.74, 6) is 1.83. The van der Waals surface area contributed by atoms with Crippen molar-refractivity contribution in [2.75, 3.05) is 0 Å². The number of hydrogen-bond donors (Lipinski definition) is 0. The van der Waals surface area contributed by atoms with Gasteiger partial charge in [-0.1, -0.05) is 127 Å². The van der Waals surface area contributed by atoms with Gasteiger partial charge < -0.3 is 13.4 Å². The molecule has 4 heterocycles. The van der Waals surface area contributed by atoms with Crippen molar-refractivity contribution in [1.29, 1.82) is 0 Å². The number of fused-ring (bicyclic) bond motifs is 9. The van der Waals surface area contributed by atoms with Gasteiger partial charge in [0.2, 0.25) is 0 Å². The van der Waals surface area contributed by atoms with Crippen molar-refractivity contribution in [3.8, 4) is 51.0 Å². The van der Waals surface area contributed by atoms with Crippen LogP contribution in [0.5, 0.6) is 0 Å². The van der Waals surface area contributed by atoms with Gasteiger partial charge in [-0.05, 0) is 60.2 Å². The summed E-state index contributed by atoms with van der Waals surface area (Å²) in [5, 5.41) is 6.70. The summed E-state index contributed by atoms with van der Waals surface area (Å²) in [6, 6.07) is 62.7. The van der Waals surface area contributed by atoms with Gasteiger partial charge in [0.15, 0.2) is 17.5 Å². The molecule has 8 aromatic carbocycles. The Labute approximate surface area is 325 Å². The minimum Gasteiger partial charge on any atom is -0.456 e. The van der Waals surface area contributed by atoms with E-state index in [0.717, 1.165) is 77.4 Å². The summed E-state index contributed by atoms with van der Waals surface area (Å²) in [5.41, 5.74) is 11.5. The maximum Gasteiger partial charge on any atom is 0.164 e. The Morgan fingerprint density at radius 2 is 0.877 bits per heavy atom. The van der Waals surface area contributed by atoms with E-state index in [0.29, 0.717) is 17.5 Å². The van der Waals surface area contributed by atoms with Crippen molar-refractivity contribution in [2.24, 2.45) is 0 Å². The molecule has 0 aliphatic rings. The zero-order valence-corrected chi connectivity index (χ0v) is 30.4. The van der Waals surface area contributed by atoms with Gasteiger partial charge in [0.1, 0.15) is 22.3 Å². The van der Waals surface area contributed by atoms with Gasteiger partial charge in [-0.3, -0.25) is 0 Å². The molecule has 0 fully saturated rings. The van der Waals surface area contributed by atoms with Crippen molar-refractivity contribution in [1.82, 2.24) is 19.5 Å². The third kappa shape index (κ3) is 5.01. The standard InChI is InChI=1S/C51H30N4O2/c1-3-12-31(13-4-1)49-52-50(32-14-5-2-6-15-32)54-51(53-49)34-23-26-40-39-25-22-33(28-46(39)56-47(40)29-34)36-18-11-19-41-42-30-35(24-27-45(42)57-48(36)41)55-43-20-9-7-16-37(43)38-17-8-10-21-44(38)55/h1-30H. The van der Waals surface area contributed by atoms with Gasteiger partial charge in [0, 0.05) is 60.3 Å². The average molecular weight is 731 g/mol. The van der Waals surface area contributed by atoms with Crippen LogP contribution in [0, 0.1) is 0 Å². The molecule has 12 rings (SSSR count). The molecule has 6 nitrogen and oxygen atoms in total. The third-order valence-corrected chi connectivity index (χ3v) is 11.1. The zero-order valence-electron chi connectivity index (χ0n) is 30.4. The highest BCUT2D eigenvalue weighted by atomic mass is 16.3. The highest BCUT2D eigenvalue weighted by Gasteiger charge is 2.18. The van der Waals surface area contributed by atoms with E-state index in [-0.39, 0.29) is 0 Å². The molecule has 0 aliphatic heterocycles. The van der Waals surface area contributed by atoms with Crippen molar-refractivity contribution in [2.45, 2.75) is 0 Å². The minimum atomic E-state index is 0.587. The second-order valence-electron chi connectivity index (χ2n) is 14.4. The molecular weight excluding hydrogens is 701 g/mol. The fraction of sp³-hybridized carbons (Fsp3) is 0. The van der Waals surface area contributed by atoms with Crippen molar-refractivity contribution < 1.29 is 8.83 Å². The monoisotopic (exact) mass is 730 g/mol. The largest absolute Gasteiger partial charge is 0.456 e. The molecule has 0 saturated heterocycles. The van der Waals surface area contributed by atoms with E-state index in [4.69, 9.17) is 23.8 Å². The van der Waals surface area contributed by atoms with E-state index in [9.17, 15) is 0 Å². The number of furan rings is 2. The van der Waals surface area contributed by atoms with Gasteiger partial charge in [-0.2, -0.15) is 0 Å². The number of nitrogens with zero attached hydrogens (tertiary/aromatic N) is 4. The van der Waals surface area contributed by atoms with Crippen LogP contribution in [0.25, 0.3) is 117 Å². The Bertz CT molecular complexity index is 3410. The van der Waals surface area contributed by atoms with Gasteiger partial charge in [-0.15, -0.1) is 0 Å². The lowest BCUT2D eigenvalue weighted by molar-refractivity contribution is 0.668. The molecule has 0 saturated carbocycles. The van der Waals surface area contributed by atoms with Crippen LogP contribution in [0.1, 0.15) is 0 Å². The van der Waals surface area contributed by atoms with Crippen LogP contribution in [0.3, 0.4) is 0 Å². The first-order chi connectivity index (χ1) is 28.2. The van der Waals surface area contributed by atoms with E-state index in [1.54, 1.807) is 0 Å². The molecule has 0 bridgehead atoms. The van der Waals surface area contributed by atoms with Crippen LogP contribution in [-0.2, 0) is 0 Å². The van der Waals surface area contributed by atoms with E-state index in [2.05, 4.69) is 120 Å². The fourth-order valence-corrected chi connectivity index (χ4v) is 8.37. The van der Waals surface area contributed by atoms with Crippen LogP contribution in [0.4, 0.5) is 0 Å². The maximum absolute atomic E-state index is 6.65. The summed E-state index contributed by atoms with van der Waals surface area (Å²) in [4.78, 5) is 14.7. The normalized spacial score (nSPS) is 11.9. The summed E-state index contributed by atoms with van der Waals surface area (Å²) in [6.45, 7) is 0. The predicted molar refractivity (Wildman–Crippen MR) is 230 cm³/mol. The summed E-state index contributed by atoms with van der Waals surface area (Å²) >= 11 is 0. The van der Waals surface area contributed by atoms with Crippen LogP contribution >= 0.6 is 0 Å². The molecule has 0 N–H and O–H groups in total. The van der Waals surface area contributed by atoms with E-state index in [1.807, 2.05) is 66.7 Å². The molecule has 0 spiro atoms. The topological polar surface area (TPSA) is 69.9 Å². The van der Waals surface area contributed by atoms with Crippen molar-refractivity contribution >= 4 is 65.7 Å². The first-order valence-electron chi connectivity index (χ1n) is 19.0. The highest BCUT2D eigenvalue weighted by Crippen LogP contribution is 2.41. The summed E-state index contributed by atoms with van der Waals surface area (Å²) < 4.78 is 15.6. The molecular formula is C51H30N4O2. The quantitative estimate of drug-likeness (QED) is 0.176. The molecule has 0 radical (unpaired) electrons. The van der Waals surface area contributed by atoms with Crippen LogP contribution in [-0.4, -0.2) is 19.5 Å². The SMILES string of the molecule is c1ccc(-c2nc(-c3ccccc3)nc(-c3ccc4c(c3)oc3cc(-c5cccc6c5oc5ccc(-n7c8ccccc8c8ccccc87)cc56)ccc34)n2)cc1. The Kier molecular flexibility index (Phi) is 6.83. The Hall–Kier alpha value is -7.83. The van der Waals surface area contributed by atoms with E-state index >= 15 is 0 Å². The summed E-state index contributed by atoms with van der Waals surface area (Å²) in [7, 11) is 0. The smallest absolute Gasteiger partial charge is 0.164 e. The van der Waals surface area contributed by atoms with Gasteiger partial charge >= 0.3 is 0 Å². The third-order valence-electron chi connectivity index (χ3n) is 11.1. The van der Waals surface area contributed by atoms with Crippen LogP contribution < -0.4 is 0 Å². The lowest BCUT2D eigenvalue weighted by Crippen LogP contribution is -2.00. The molecule has 0 amide bonds. The number of hydrogen-bond acceptors (Lipinski definition) is 5. The molecule has 4 aromatic heterocycles. The number of para-hydroxylation sites is 3. The summed E-state index contributed by atoms with van der Waals surface area (Å²) in [6.07, 6.45) is 0. The van der Waals surface area contributed by atoms with Crippen LogP contribution in [0.2, 0.25) is 0 Å². The van der Waals surface area contributed by atoms with E-state index in [1.165, 1.54) is 21.8 Å². The lowest BCUT2D eigenvalue weighted by atomic mass is 10.0. The first kappa shape index (κ1) is 31.5. The van der Waals surface area contributed by atoms with Crippen molar-refractivity contribution in [3.05, 3.63) is 182 Å². The Morgan fingerprint density at radius 3 is 1.53 bits per heavy atom. The molecule has 0 aliphatic carbocycles. The number of rotatable bonds is 5. The zero-order chi connectivity index (χ0) is 37.5. The Balaban J connectivity index is 0.955. The lowest BCUT2D eigenvalue weighted by Gasteiger charge is -2.08. The van der Waals surface area contributed by atoms with Gasteiger partial charge in [0.05, 0.1) is 11.0 Å². The second kappa shape index (κ2) is 12.3. The predicted octanol–water partition coefficient (Wildman–Crippen LogP) is 13.4. The van der Waals surface area contributed by atoms with Crippen molar-refractivity contribution in [3.63, 3.8) is 0 Å². The molecule has 0 atom stereocenters. The Morgan fingerprint density at radius 1 is 0.333 bits per heavy atom. The first-order valence-corrected chi connectivity index (χ1v) is 19.0. The van der Waals surface area contributed by atoms with E-state index < -0.39 is 0 Å². The van der Waals surface area contributed by atoms with Gasteiger partial charge in [-0.25, -0.2) is 15.0 Å². The fourth-order valence-electron chi connectivity index (χ4n) is 8.37. The molecule has 266 valence electrons. The minimum absolute atomic E-state index is 0.587.